The van der Waals surface area contributed by atoms with E-state index in [0.717, 1.165) is 19.6 Å². The maximum Gasteiger partial charge on any atom is 0.236 e. The zero-order chi connectivity index (χ0) is 13.7. The second-order valence-electron chi connectivity index (χ2n) is 4.59. The van der Waals surface area contributed by atoms with Gasteiger partial charge in [-0.25, -0.2) is 0 Å². The summed E-state index contributed by atoms with van der Waals surface area (Å²) < 4.78 is 5.63. The summed E-state index contributed by atoms with van der Waals surface area (Å²) in [6, 6.07) is 3.28. The fraction of sp³-hybridized carbons (Fsp3) is 0.500. The highest BCUT2D eigenvalue weighted by molar-refractivity contribution is 6.39. The van der Waals surface area contributed by atoms with E-state index in [-0.39, 0.29) is 10.6 Å². The largest absolute Gasteiger partial charge is 0.491 e. The van der Waals surface area contributed by atoms with Crippen LogP contribution in [0.15, 0.2) is 12.1 Å². The third-order valence-electron chi connectivity index (χ3n) is 3.27. The quantitative estimate of drug-likeness (QED) is 0.835. The molecule has 0 saturated carbocycles. The van der Waals surface area contributed by atoms with Crippen molar-refractivity contribution in [1.29, 1.82) is 0 Å². The summed E-state index contributed by atoms with van der Waals surface area (Å²) in [6.45, 7) is 3.69. The van der Waals surface area contributed by atoms with Crippen LogP contribution in [0.25, 0.3) is 0 Å². The average molecular weight is 301 g/mol. The molecule has 103 valence electrons. The summed E-state index contributed by atoms with van der Waals surface area (Å²) in [6.07, 6.45) is 5.57. The van der Waals surface area contributed by atoms with Crippen LogP contribution in [0.1, 0.15) is 24.8 Å². The molecule has 0 spiro atoms. The van der Waals surface area contributed by atoms with Gasteiger partial charge in [-0.1, -0.05) is 29.6 Å². The smallest absolute Gasteiger partial charge is 0.236 e. The molecule has 1 aromatic rings. The highest BCUT2D eigenvalue weighted by atomic mass is 35.5. The van der Waals surface area contributed by atoms with Gasteiger partial charge in [0.2, 0.25) is 6.29 Å². The first-order valence-corrected chi connectivity index (χ1v) is 7.19. The van der Waals surface area contributed by atoms with E-state index in [1.54, 1.807) is 18.4 Å². The van der Waals surface area contributed by atoms with Gasteiger partial charge in [0.25, 0.3) is 0 Å². The monoisotopic (exact) mass is 300 g/mol. The van der Waals surface area contributed by atoms with Gasteiger partial charge in [0.15, 0.2) is 0 Å². The van der Waals surface area contributed by atoms with Crippen molar-refractivity contribution in [2.75, 3.05) is 26.2 Å². The zero-order valence-corrected chi connectivity index (χ0v) is 12.1. The van der Waals surface area contributed by atoms with Crippen molar-refractivity contribution in [3.8, 4) is 5.75 Å². The Bertz CT molecular complexity index is 445. The van der Waals surface area contributed by atoms with Gasteiger partial charge in [-0.15, -0.1) is 0 Å². The maximum atomic E-state index is 10.8. The Kier molecular flexibility index (Phi) is 5.49. The molecule has 5 heteroatoms. The van der Waals surface area contributed by atoms with Gasteiger partial charge in [0.1, 0.15) is 12.4 Å². The van der Waals surface area contributed by atoms with Crippen molar-refractivity contribution < 1.29 is 9.53 Å². The second-order valence-corrected chi connectivity index (χ2v) is 5.37. The second kappa shape index (κ2) is 7.13. The minimum atomic E-state index is 0.166. The van der Waals surface area contributed by atoms with Crippen molar-refractivity contribution in [3.63, 3.8) is 0 Å². The predicted molar refractivity (Wildman–Crippen MR) is 77.0 cm³/mol. The normalized spacial score (nSPS) is 16.3. The number of nitrogens with zero attached hydrogens (tertiary/aromatic N) is 1. The molecule has 0 amide bonds. The lowest BCUT2D eigenvalue weighted by Gasteiger charge is -2.26. The van der Waals surface area contributed by atoms with Crippen LogP contribution < -0.4 is 4.74 Å². The molecule has 2 rings (SSSR count). The van der Waals surface area contributed by atoms with E-state index in [4.69, 9.17) is 27.9 Å². The predicted octanol–water partition coefficient (Wildman–Crippen LogP) is 3.32. The van der Waals surface area contributed by atoms with Crippen molar-refractivity contribution in [1.82, 2.24) is 4.90 Å². The SMILES string of the molecule is O=[C]c1c(Cl)ccc(OCCN2CCCCC2)c1Cl. The molecule has 3 nitrogen and oxygen atoms in total. The molecular formula is C14H16Cl2NO2. The Morgan fingerprint density at radius 1 is 1.21 bits per heavy atom. The number of likely N-dealkylation sites (tertiary alicyclic amines) is 1. The van der Waals surface area contributed by atoms with Crippen LogP contribution in [0.4, 0.5) is 0 Å². The molecule has 0 aromatic heterocycles. The van der Waals surface area contributed by atoms with E-state index >= 15 is 0 Å². The molecular weight excluding hydrogens is 285 g/mol. The van der Waals surface area contributed by atoms with Crippen LogP contribution in [-0.2, 0) is 4.79 Å². The molecule has 1 fully saturated rings. The van der Waals surface area contributed by atoms with Gasteiger partial charge in [-0.3, -0.25) is 9.69 Å². The summed E-state index contributed by atoms with van der Waals surface area (Å²) in [5.74, 6) is 0.487. The maximum absolute atomic E-state index is 10.8. The molecule has 0 unspecified atom stereocenters. The summed E-state index contributed by atoms with van der Waals surface area (Å²) in [4.78, 5) is 13.1. The summed E-state index contributed by atoms with van der Waals surface area (Å²) in [5.41, 5.74) is 0.166. The first-order chi connectivity index (χ1) is 9.22. The standard InChI is InChI=1S/C14H16Cl2NO2/c15-12-4-5-13(14(16)11(12)10-18)19-9-8-17-6-2-1-3-7-17/h4-5H,1-3,6-9H2. The molecule has 1 radical (unpaired) electrons. The van der Waals surface area contributed by atoms with Crippen LogP contribution >= 0.6 is 23.2 Å². The minimum Gasteiger partial charge on any atom is -0.491 e. The van der Waals surface area contributed by atoms with Crippen LogP contribution in [0.5, 0.6) is 5.75 Å². The Labute approximate surface area is 123 Å². The van der Waals surface area contributed by atoms with E-state index in [0.29, 0.717) is 17.4 Å². The van der Waals surface area contributed by atoms with Crippen molar-refractivity contribution >= 4 is 29.5 Å². The number of piperidine rings is 1. The average Bonchev–Trinajstić information content (AvgIpc) is 2.43. The van der Waals surface area contributed by atoms with Crippen LogP contribution in [0.2, 0.25) is 10.0 Å². The highest BCUT2D eigenvalue weighted by Gasteiger charge is 2.13. The van der Waals surface area contributed by atoms with Gasteiger partial charge in [-0.05, 0) is 38.1 Å². The van der Waals surface area contributed by atoms with E-state index in [1.807, 2.05) is 0 Å². The third-order valence-corrected chi connectivity index (χ3v) is 3.96. The van der Waals surface area contributed by atoms with Crippen LogP contribution in [-0.4, -0.2) is 37.4 Å². The molecule has 0 aliphatic carbocycles. The molecule has 0 atom stereocenters. The fourth-order valence-electron chi connectivity index (χ4n) is 2.21. The Balaban J connectivity index is 1.90. The Morgan fingerprint density at radius 3 is 2.63 bits per heavy atom. The van der Waals surface area contributed by atoms with Crippen LogP contribution in [0.3, 0.4) is 0 Å². The first-order valence-electron chi connectivity index (χ1n) is 6.43. The van der Waals surface area contributed by atoms with E-state index < -0.39 is 0 Å². The third kappa shape index (κ3) is 3.85. The lowest BCUT2D eigenvalue weighted by Crippen LogP contribution is -2.33. The molecule has 0 bridgehead atoms. The molecule has 1 aromatic carbocycles. The van der Waals surface area contributed by atoms with Gasteiger partial charge in [-0.2, -0.15) is 0 Å². The van der Waals surface area contributed by atoms with Gasteiger partial charge in [0.05, 0.1) is 15.6 Å². The number of ether oxygens (including phenoxy) is 1. The zero-order valence-electron chi connectivity index (χ0n) is 10.6. The van der Waals surface area contributed by atoms with Crippen molar-refractivity contribution in [3.05, 3.63) is 27.7 Å². The molecule has 1 heterocycles. The van der Waals surface area contributed by atoms with Crippen molar-refractivity contribution in [2.45, 2.75) is 19.3 Å². The molecule has 0 N–H and O–H groups in total. The number of hydrogen-bond acceptors (Lipinski definition) is 3. The van der Waals surface area contributed by atoms with Crippen LogP contribution in [0, 0.1) is 0 Å². The van der Waals surface area contributed by atoms with E-state index in [2.05, 4.69) is 4.90 Å². The molecule has 19 heavy (non-hydrogen) atoms. The topological polar surface area (TPSA) is 29.5 Å². The summed E-state index contributed by atoms with van der Waals surface area (Å²) in [7, 11) is 0. The molecule has 1 saturated heterocycles. The number of halogens is 2. The number of hydrogen-bond donors (Lipinski definition) is 0. The molecule has 1 aliphatic rings. The first kappa shape index (κ1) is 14.6. The number of carbonyl (C=O) groups excluding carboxylic acids is 1. The van der Waals surface area contributed by atoms with Gasteiger partial charge in [0, 0.05) is 6.54 Å². The lowest BCUT2D eigenvalue weighted by molar-refractivity contribution is 0.183. The van der Waals surface area contributed by atoms with Gasteiger partial charge >= 0.3 is 0 Å². The number of rotatable bonds is 5. The highest BCUT2D eigenvalue weighted by Crippen LogP contribution is 2.32. The lowest BCUT2D eigenvalue weighted by atomic mass is 10.1. The van der Waals surface area contributed by atoms with Crippen molar-refractivity contribution in [2.24, 2.45) is 0 Å². The van der Waals surface area contributed by atoms with Gasteiger partial charge < -0.3 is 4.74 Å². The Hall–Kier alpha value is -0.770. The Morgan fingerprint density at radius 2 is 1.95 bits per heavy atom. The fourth-order valence-corrected chi connectivity index (χ4v) is 2.71. The van der Waals surface area contributed by atoms with E-state index in [9.17, 15) is 4.79 Å². The number of benzene rings is 1. The van der Waals surface area contributed by atoms with E-state index in [1.165, 1.54) is 19.3 Å². The summed E-state index contributed by atoms with van der Waals surface area (Å²) >= 11 is 11.9. The minimum absolute atomic E-state index is 0.166. The summed E-state index contributed by atoms with van der Waals surface area (Å²) in [5, 5.41) is 0.532. The molecule has 1 aliphatic heterocycles.